The van der Waals surface area contributed by atoms with Gasteiger partial charge in [0.1, 0.15) is 0 Å². The van der Waals surface area contributed by atoms with E-state index in [0.29, 0.717) is 5.56 Å². The van der Waals surface area contributed by atoms with Crippen molar-refractivity contribution >= 4 is 29.3 Å². The van der Waals surface area contributed by atoms with Gasteiger partial charge in [0.2, 0.25) is 5.91 Å². The van der Waals surface area contributed by atoms with Crippen molar-refractivity contribution in [3.8, 4) is 0 Å². The van der Waals surface area contributed by atoms with Crippen molar-refractivity contribution in [1.82, 2.24) is 0 Å². The molecule has 0 radical (unpaired) electrons. The topological polar surface area (TPSA) is 43.1 Å². The lowest BCUT2D eigenvalue weighted by atomic mass is 10.0. The highest BCUT2D eigenvalue weighted by molar-refractivity contribution is 7.79. The fraction of sp³-hybridized carbons (Fsp3) is 0.154. The lowest BCUT2D eigenvalue weighted by Gasteiger charge is -2.04. The first-order valence-electron chi connectivity index (χ1n) is 4.92. The summed E-state index contributed by atoms with van der Waals surface area (Å²) in [5.41, 5.74) is 6.79. The Balaban J connectivity index is 0.000000606. The normalized spacial score (nSPS) is 9.44. The van der Waals surface area contributed by atoms with Gasteiger partial charge in [0, 0.05) is 5.56 Å². The van der Waals surface area contributed by atoms with Crippen molar-refractivity contribution in [2.75, 3.05) is 6.26 Å². The maximum absolute atomic E-state index is 11.1. The number of amides is 1. The number of primary amides is 1. The second-order valence-electron chi connectivity index (χ2n) is 3.38. The fourth-order valence-electron chi connectivity index (χ4n) is 1.62. The van der Waals surface area contributed by atoms with Crippen molar-refractivity contribution in [3.63, 3.8) is 0 Å². The molecule has 0 aliphatic rings. The molecule has 0 bridgehead atoms. The van der Waals surface area contributed by atoms with E-state index in [2.05, 4.69) is 12.6 Å². The van der Waals surface area contributed by atoms with Crippen LogP contribution in [0.5, 0.6) is 0 Å². The van der Waals surface area contributed by atoms with Crippen LogP contribution in [0.15, 0.2) is 36.4 Å². The largest absolute Gasteiger partial charge is 0.366 e. The van der Waals surface area contributed by atoms with Gasteiger partial charge in [0.15, 0.2) is 0 Å². The lowest BCUT2D eigenvalue weighted by molar-refractivity contribution is 0.1000. The first-order chi connectivity index (χ1) is 7.68. The molecule has 0 heterocycles. The molecule has 0 saturated heterocycles. The average molecular weight is 233 g/mol. The molecule has 0 atom stereocenters. The minimum Gasteiger partial charge on any atom is -0.366 e. The maximum atomic E-state index is 11.1. The molecular formula is C13H15NOS. The van der Waals surface area contributed by atoms with E-state index in [4.69, 9.17) is 5.73 Å². The molecule has 0 saturated carbocycles. The molecule has 2 N–H and O–H groups in total. The zero-order valence-electron chi connectivity index (χ0n) is 9.40. The number of fused-ring (bicyclic) bond motifs is 1. The third-order valence-corrected chi connectivity index (χ3v) is 2.36. The van der Waals surface area contributed by atoms with Gasteiger partial charge in [-0.05, 0) is 35.6 Å². The van der Waals surface area contributed by atoms with Crippen LogP contribution in [-0.4, -0.2) is 12.2 Å². The Kier molecular flexibility index (Phi) is 4.38. The van der Waals surface area contributed by atoms with Crippen LogP contribution < -0.4 is 5.73 Å². The van der Waals surface area contributed by atoms with Crippen LogP contribution in [0, 0.1) is 6.92 Å². The average Bonchev–Trinajstić information content (AvgIpc) is 2.30. The zero-order chi connectivity index (χ0) is 12.1. The molecular weight excluding hydrogens is 218 g/mol. The Morgan fingerprint density at radius 3 is 2.12 bits per heavy atom. The van der Waals surface area contributed by atoms with Gasteiger partial charge in [-0.1, -0.05) is 30.3 Å². The van der Waals surface area contributed by atoms with E-state index in [1.165, 1.54) is 0 Å². The molecule has 0 spiro atoms. The number of hydrogen-bond acceptors (Lipinski definition) is 2. The number of carbonyl (C=O) groups is 1. The highest BCUT2D eigenvalue weighted by Gasteiger charge is 2.05. The number of carbonyl (C=O) groups excluding carboxylic acids is 1. The zero-order valence-corrected chi connectivity index (χ0v) is 10.3. The molecule has 0 aliphatic carbocycles. The second-order valence-corrected chi connectivity index (χ2v) is 3.38. The van der Waals surface area contributed by atoms with Crippen LogP contribution in [0.4, 0.5) is 0 Å². The maximum Gasteiger partial charge on any atom is 0.248 e. The summed E-state index contributed by atoms with van der Waals surface area (Å²) in [6.45, 7) is 1.90. The lowest BCUT2D eigenvalue weighted by Crippen LogP contribution is -2.12. The summed E-state index contributed by atoms with van der Waals surface area (Å²) in [4.78, 5) is 11.1. The Hall–Kier alpha value is -1.48. The third kappa shape index (κ3) is 2.55. The molecule has 16 heavy (non-hydrogen) atoms. The summed E-state index contributed by atoms with van der Waals surface area (Å²) in [5, 5.41) is 2.18. The molecule has 2 rings (SSSR count). The Morgan fingerprint density at radius 1 is 1.12 bits per heavy atom. The Morgan fingerprint density at radius 2 is 1.62 bits per heavy atom. The van der Waals surface area contributed by atoms with Crippen LogP contribution in [0.3, 0.4) is 0 Å². The quantitative estimate of drug-likeness (QED) is 0.731. The van der Waals surface area contributed by atoms with E-state index in [1.54, 1.807) is 6.26 Å². The van der Waals surface area contributed by atoms with E-state index >= 15 is 0 Å². The number of nitrogens with two attached hydrogens (primary N) is 1. The highest BCUT2D eigenvalue weighted by Crippen LogP contribution is 2.18. The van der Waals surface area contributed by atoms with E-state index in [-0.39, 0.29) is 5.91 Å². The minimum atomic E-state index is -0.367. The van der Waals surface area contributed by atoms with Crippen LogP contribution in [0.2, 0.25) is 0 Å². The van der Waals surface area contributed by atoms with Gasteiger partial charge in [-0.3, -0.25) is 4.79 Å². The summed E-state index contributed by atoms with van der Waals surface area (Å²) in [7, 11) is 0. The summed E-state index contributed by atoms with van der Waals surface area (Å²) < 4.78 is 0. The van der Waals surface area contributed by atoms with Crippen LogP contribution in [-0.2, 0) is 0 Å². The molecule has 0 aliphatic heterocycles. The predicted molar refractivity (Wildman–Crippen MR) is 72.1 cm³/mol. The summed E-state index contributed by atoms with van der Waals surface area (Å²) in [5.74, 6) is -0.367. The van der Waals surface area contributed by atoms with Crippen LogP contribution in [0.25, 0.3) is 10.8 Å². The van der Waals surface area contributed by atoms with Crippen LogP contribution in [0.1, 0.15) is 15.9 Å². The summed E-state index contributed by atoms with van der Waals surface area (Å²) in [6, 6.07) is 11.7. The molecule has 84 valence electrons. The fourth-order valence-corrected chi connectivity index (χ4v) is 1.62. The number of thiol groups is 1. The van der Waals surface area contributed by atoms with Crippen molar-refractivity contribution in [3.05, 3.63) is 47.5 Å². The van der Waals surface area contributed by atoms with E-state index in [1.807, 2.05) is 43.3 Å². The van der Waals surface area contributed by atoms with Gasteiger partial charge in [-0.15, -0.1) is 0 Å². The van der Waals surface area contributed by atoms with Crippen molar-refractivity contribution in [1.29, 1.82) is 0 Å². The van der Waals surface area contributed by atoms with E-state index in [9.17, 15) is 4.79 Å². The van der Waals surface area contributed by atoms with Crippen molar-refractivity contribution in [2.45, 2.75) is 6.92 Å². The Labute approximate surface area is 101 Å². The van der Waals surface area contributed by atoms with Gasteiger partial charge in [-0.2, -0.15) is 12.6 Å². The standard InChI is InChI=1S/C12H11NO.CH4S/c1-8-6-9-4-2-3-5-10(9)7-11(8)12(13)14;1-2/h2-7H,1H3,(H2,13,14);2H,1H3. The second kappa shape index (κ2) is 5.56. The molecule has 2 aromatic carbocycles. The number of benzene rings is 2. The summed E-state index contributed by atoms with van der Waals surface area (Å²) in [6.07, 6.45) is 1.69. The number of rotatable bonds is 1. The Bertz CT molecular complexity index is 508. The smallest absolute Gasteiger partial charge is 0.248 e. The molecule has 2 nitrogen and oxygen atoms in total. The number of aryl methyl sites for hydroxylation is 1. The molecule has 0 aromatic heterocycles. The monoisotopic (exact) mass is 233 g/mol. The molecule has 2 aromatic rings. The van der Waals surface area contributed by atoms with Gasteiger partial charge in [0.25, 0.3) is 0 Å². The first-order valence-corrected chi connectivity index (χ1v) is 5.82. The SMILES string of the molecule is CS.Cc1cc2ccccc2cc1C(N)=O. The highest BCUT2D eigenvalue weighted by atomic mass is 32.1. The molecule has 0 fully saturated rings. The number of hydrogen-bond donors (Lipinski definition) is 2. The predicted octanol–water partition coefficient (Wildman–Crippen LogP) is 2.79. The molecule has 3 heteroatoms. The van der Waals surface area contributed by atoms with Crippen molar-refractivity contribution in [2.24, 2.45) is 5.73 Å². The first kappa shape index (κ1) is 12.6. The van der Waals surface area contributed by atoms with Crippen LogP contribution >= 0.6 is 12.6 Å². The van der Waals surface area contributed by atoms with Gasteiger partial charge < -0.3 is 5.73 Å². The van der Waals surface area contributed by atoms with E-state index < -0.39 is 0 Å². The third-order valence-electron chi connectivity index (χ3n) is 2.36. The van der Waals surface area contributed by atoms with Gasteiger partial charge >= 0.3 is 0 Å². The van der Waals surface area contributed by atoms with Gasteiger partial charge in [-0.25, -0.2) is 0 Å². The van der Waals surface area contributed by atoms with E-state index in [0.717, 1.165) is 16.3 Å². The molecule has 1 amide bonds. The van der Waals surface area contributed by atoms with Crippen molar-refractivity contribution < 1.29 is 4.79 Å². The minimum absolute atomic E-state index is 0.367. The molecule has 0 unspecified atom stereocenters. The summed E-state index contributed by atoms with van der Waals surface area (Å²) >= 11 is 3.53. The van der Waals surface area contributed by atoms with Gasteiger partial charge in [0.05, 0.1) is 0 Å².